The highest BCUT2D eigenvalue weighted by atomic mass is 31.2. The smallest absolute Gasteiger partial charge is 0.393 e. The Labute approximate surface area is 100 Å². The van der Waals surface area contributed by atoms with Crippen LogP contribution in [0, 0.1) is 0 Å². The van der Waals surface area contributed by atoms with Crippen molar-refractivity contribution >= 4 is 7.82 Å². The fourth-order valence-corrected chi connectivity index (χ4v) is 2.64. The molecule has 1 aliphatic rings. The van der Waals surface area contributed by atoms with Gasteiger partial charge in [-0.3, -0.25) is 0 Å². The van der Waals surface area contributed by atoms with Crippen molar-refractivity contribution in [3.8, 4) is 0 Å². The molecule has 0 radical (unpaired) electrons. The van der Waals surface area contributed by atoms with Crippen molar-refractivity contribution in [2.24, 2.45) is 0 Å². The van der Waals surface area contributed by atoms with E-state index in [9.17, 15) is 9.67 Å². The Bertz CT molecular complexity index is 307. The number of hydrogen-bond acceptors (Lipinski definition) is 5. The van der Waals surface area contributed by atoms with Gasteiger partial charge in [0.2, 0.25) is 0 Å². The summed E-state index contributed by atoms with van der Waals surface area (Å²) in [5.41, 5.74) is -1.17. The molecule has 0 aromatic carbocycles. The van der Waals surface area contributed by atoms with Crippen LogP contribution < -0.4 is 0 Å². The van der Waals surface area contributed by atoms with Crippen LogP contribution in [0.1, 0.15) is 40.5 Å². The van der Waals surface area contributed by atoms with Crippen LogP contribution in [-0.4, -0.2) is 37.1 Å². The van der Waals surface area contributed by atoms with Crippen LogP contribution in [0.4, 0.5) is 0 Å². The highest BCUT2D eigenvalue weighted by Crippen LogP contribution is 2.42. The lowest BCUT2D eigenvalue weighted by atomic mass is 9.80. The van der Waals surface area contributed by atoms with Crippen molar-refractivity contribution in [2.45, 2.75) is 57.7 Å². The summed E-state index contributed by atoms with van der Waals surface area (Å²) in [5.74, 6) is 0. The van der Waals surface area contributed by atoms with Gasteiger partial charge in [0.05, 0.1) is 6.10 Å². The highest BCUT2D eigenvalue weighted by molar-refractivity contribution is 7.46. The monoisotopic (exact) mass is 269 g/mol. The fourth-order valence-electron chi connectivity index (χ4n) is 2.49. The van der Waals surface area contributed by atoms with Crippen LogP contribution in [0.25, 0.3) is 0 Å². The maximum absolute atomic E-state index is 10.6. The molecule has 0 bridgehead atoms. The summed E-state index contributed by atoms with van der Waals surface area (Å²) in [6.07, 6.45) is 0.386. The van der Waals surface area contributed by atoms with Gasteiger partial charge in [0.25, 0.3) is 0 Å². The van der Waals surface area contributed by atoms with E-state index in [1.54, 1.807) is 27.7 Å². The number of hydroxylamine groups is 2. The summed E-state index contributed by atoms with van der Waals surface area (Å²) < 4.78 is 14.7. The fraction of sp³-hybridized carbons (Fsp3) is 1.00. The molecule has 0 spiro atoms. The Balaban J connectivity index is 2.82. The third-order valence-corrected chi connectivity index (χ3v) is 3.04. The third-order valence-electron chi connectivity index (χ3n) is 2.77. The zero-order valence-electron chi connectivity index (χ0n) is 10.5. The third kappa shape index (κ3) is 3.99. The van der Waals surface area contributed by atoms with E-state index in [1.807, 2.05) is 0 Å². The molecule has 3 N–H and O–H groups in total. The van der Waals surface area contributed by atoms with Crippen molar-refractivity contribution in [2.75, 3.05) is 0 Å². The molecule has 0 atom stereocenters. The first-order valence-electron chi connectivity index (χ1n) is 5.34. The molecule has 17 heavy (non-hydrogen) atoms. The number of piperidine rings is 1. The molecule has 1 aliphatic heterocycles. The minimum atomic E-state index is -4.69. The molecule has 1 fully saturated rings. The van der Waals surface area contributed by atoms with E-state index >= 15 is 0 Å². The lowest BCUT2D eigenvalue weighted by molar-refractivity contribution is -0.439. The molecule has 1 heterocycles. The number of phosphoric acid groups is 1. The largest absolute Gasteiger partial charge is 0.498 e. The standard InChI is InChI=1S/C9H20NO6P/c1-8(2)5-7(11)6-9(3,4)10(8)15-16-17(12,13)14/h7,11H,5-6H2,1-4H3,(H2,12,13,14). The molecule has 7 nitrogen and oxygen atoms in total. The molecule has 0 aromatic rings. The van der Waals surface area contributed by atoms with Crippen LogP contribution >= 0.6 is 7.82 Å². The van der Waals surface area contributed by atoms with Crippen LogP contribution in [0.3, 0.4) is 0 Å². The summed E-state index contributed by atoms with van der Waals surface area (Å²) in [7, 11) is -4.69. The van der Waals surface area contributed by atoms with Crippen molar-refractivity contribution < 1.29 is 29.1 Å². The second kappa shape index (κ2) is 4.59. The Morgan fingerprint density at radius 3 is 1.94 bits per heavy atom. The average molecular weight is 269 g/mol. The molecular weight excluding hydrogens is 249 g/mol. The number of aliphatic hydroxyl groups is 1. The highest BCUT2D eigenvalue weighted by Gasteiger charge is 2.47. The summed E-state index contributed by atoms with van der Waals surface area (Å²) in [6, 6.07) is 0. The summed E-state index contributed by atoms with van der Waals surface area (Å²) >= 11 is 0. The lowest BCUT2D eigenvalue weighted by Gasteiger charge is -2.51. The zero-order chi connectivity index (χ0) is 13.5. The second-order valence-electron chi connectivity index (χ2n) is 5.62. The maximum Gasteiger partial charge on any atom is 0.498 e. The van der Waals surface area contributed by atoms with Gasteiger partial charge in [0.1, 0.15) is 0 Å². The molecular formula is C9H20NO6P. The van der Waals surface area contributed by atoms with Gasteiger partial charge in [-0.2, -0.15) is 0 Å². The lowest BCUT2D eigenvalue weighted by Crippen LogP contribution is -2.61. The van der Waals surface area contributed by atoms with Crippen molar-refractivity contribution in [3.05, 3.63) is 0 Å². The summed E-state index contributed by atoms with van der Waals surface area (Å²) in [6.45, 7) is 7.22. The Morgan fingerprint density at radius 2 is 1.59 bits per heavy atom. The SMILES string of the molecule is CC1(C)CC(O)CC(C)(C)N1OOP(=O)(O)O. The van der Waals surface area contributed by atoms with Gasteiger partial charge in [-0.05, 0) is 40.5 Å². The number of hydrogen-bond donors (Lipinski definition) is 3. The molecule has 0 amide bonds. The van der Waals surface area contributed by atoms with E-state index < -0.39 is 25.0 Å². The molecule has 0 aliphatic carbocycles. The molecule has 0 saturated carbocycles. The first kappa shape index (κ1) is 15.0. The topological polar surface area (TPSA) is 99.5 Å². The number of nitrogens with zero attached hydrogens (tertiary/aromatic N) is 1. The molecule has 8 heteroatoms. The minimum absolute atomic E-state index is 0.431. The van der Waals surface area contributed by atoms with Gasteiger partial charge in [0.15, 0.2) is 0 Å². The Morgan fingerprint density at radius 1 is 1.18 bits per heavy atom. The van der Waals surface area contributed by atoms with Gasteiger partial charge >= 0.3 is 7.82 Å². The van der Waals surface area contributed by atoms with Crippen LogP contribution in [0.2, 0.25) is 0 Å². The number of aliphatic hydroxyl groups excluding tert-OH is 1. The molecule has 0 unspecified atom stereocenters. The van der Waals surface area contributed by atoms with Gasteiger partial charge in [0, 0.05) is 11.1 Å². The predicted octanol–water partition coefficient (Wildman–Crippen LogP) is 0.956. The molecule has 102 valence electrons. The van der Waals surface area contributed by atoms with Crippen LogP contribution in [0.5, 0.6) is 0 Å². The Hall–Kier alpha value is -0.0100. The zero-order valence-corrected chi connectivity index (χ0v) is 11.3. The summed E-state index contributed by atoms with van der Waals surface area (Å²) in [4.78, 5) is 22.0. The summed E-state index contributed by atoms with van der Waals surface area (Å²) in [5, 5.41) is 11.1. The minimum Gasteiger partial charge on any atom is -0.393 e. The van der Waals surface area contributed by atoms with Gasteiger partial charge in [-0.25, -0.2) is 4.57 Å². The van der Waals surface area contributed by atoms with Crippen LogP contribution in [0.15, 0.2) is 0 Å². The van der Waals surface area contributed by atoms with Crippen LogP contribution in [-0.2, 0) is 14.2 Å². The van der Waals surface area contributed by atoms with Crippen molar-refractivity contribution in [1.29, 1.82) is 0 Å². The van der Waals surface area contributed by atoms with Gasteiger partial charge in [-0.15, -0.1) is 14.7 Å². The quantitative estimate of drug-likeness (QED) is 0.398. The van der Waals surface area contributed by atoms with E-state index in [2.05, 4.69) is 4.67 Å². The van der Waals surface area contributed by atoms with E-state index in [4.69, 9.17) is 14.8 Å². The van der Waals surface area contributed by atoms with Crippen molar-refractivity contribution in [1.82, 2.24) is 5.06 Å². The molecule has 1 saturated heterocycles. The number of rotatable bonds is 3. The normalized spacial score (nSPS) is 26.1. The molecule has 0 aromatic heterocycles. The van der Waals surface area contributed by atoms with E-state index in [0.717, 1.165) is 0 Å². The first-order chi connectivity index (χ1) is 7.44. The maximum atomic E-state index is 10.6. The average Bonchev–Trinajstić information content (AvgIpc) is 1.94. The van der Waals surface area contributed by atoms with Gasteiger partial charge in [-0.1, -0.05) is 0 Å². The Kier molecular flexibility index (Phi) is 4.06. The predicted molar refractivity (Wildman–Crippen MR) is 59.5 cm³/mol. The second-order valence-corrected chi connectivity index (χ2v) is 6.75. The van der Waals surface area contributed by atoms with Gasteiger partial charge < -0.3 is 14.9 Å². The van der Waals surface area contributed by atoms with E-state index in [1.165, 1.54) is 5.06 Å². The van der Waals surface area contributed by atoms with E-state index in [-0.39, 0.29) is 0 Å². The van der Waals surface area contributed by atoms with E-state index in [0.29, 0.717) is 12.8 Å². The first-order valence-corrected chi connectivity index (χ1v) is 6.87. The molecule has 1 rings (SSSR count). The van der Waals surface area contributed by atoms with Crippen molar-refractivity contribution in [3.63, 3.8) is 0 Å².